The Morgan fingerprint density at radius 3 is 2.17 bits per heavy atom. The average molecular weight is 172 g/mol. The van der Waals surface area contributed by atoms with Crippen LogP contribution in [0.3, 0.4) is 0 Å². The summed E-state index contributed by atoms with van der Waals surface area (Å²) in [6.45, 7) is 1.11. The van der Waals surface area contributed by atoms with Crippen LogP contribution in [0, 0.1) is 0 Å². The first-order chi connectivity index (χ1) is 5.56. The molecule has 4 nitrogen and oxygen atoms in total. The largest absolute Gasteiger partial charge is 0.391 e. The van der Waals surface area contributed by atoms with Crippen molar-refractivity contribution in [2.75, 3.05) is 34.3 Å². The van der Waals surface area contributed by atoms with Gasteiger partial charge in [-0.2, -0.15) is 0 Å². The summed E-state index contributed by atoms with van der Waals surface area (Å²) in [5.74, 6) is 0. The Hall–Kier alpha value is -0.870. The zero-order chi connectivity index (χ0) is 9.45. The van der Waals surface area contributed by atoms with Crippen molar-refractivity contribution in [2.45, 2.75) is 0 Å². The lowest BCUT2D eigenvalue weighted by atomic mass is 10.5. The lowest BCUT2D eigenvalue weighted by Crippen LogP contribution is -2.36. The Balaban J connectivity index is 0.000000211. The van der Waals surface area contributed by atoms with Gasteiger partial charge in [0.25, 0.3) is 0 Å². The monoisotopic (exact) mass is 172 g/mol. The zero-order valence-corrected chi connectivity index (χ0v) is 7.99. The second-order valence-corrected chi connectivity index (χ2v) is 3.50. The second kappa shape index (κ2) is 5.74. The number of H-pyrrole nitrogens is 1. The molecule has 70 valence electrons. The molecule has 0 aliphatic heterocycles. The van der Waals surface area contributed by atoms with Crippen LogP contribution in [0.25, 0.3) is 0 Å². The van der Waals surface area contributed by atoms with Crippen LogP contribution in [0.5, 0.6) is 0 Å². The molecule has 0 amide bonds. The van der Waals surface area contributed by atoms with Gasteiger partial charge in [0.1, 0.15) is 6.54 Å². The summed E-state index contributed by atoms with van der Waals surface area (Å²) in [4.78, 5) is 6.42. The summed E-state index contributed by atoms with van der Waals surface area (Å²) in [5, 5.41) is 8.39. The first-order valence-electron chi connectivity index (χ1n) is 3.90. The first kappa shape index (κ1) is 11.1. The number of hydrogen-bond donors (Lipinski definition) is 2. The summed E-state index contributed by atoms with van der Waals surface area (Å²) in [7, 11) is 6.16. The number of likely N-dealkylation sites (N-methyl/N-ethyl adjacent to an activating group) is 1. The van der Waals surface area contributed by atoms with Gasteiger partial charge in [0.05, 0.1) is 34.1 Å². The van der Waals surface area contributed by atoms with Gasteiger partial charge in [-0.05, 0) is 0 Å². The van der Waals surface area contributed by atoms with E-state index in [-0.39, 0.29) is 6.61 Å². The SMILES string of the molecule is C[N+](C)(C)CCO.c1c[nH]cn1. The van der Waals surface area contributed by atoms with Crippen molar-refractivity contribution >= 4 is 0 Å². The number of nitrogens with zero attached hydrogens (tertiary/aromatic N) is 2. The van der Waals surface area contributed by atoms with Crippen LogP contribution in [-0.4, -0.2) is 53.9 Å². The van der Waals surface area contributed by atoms with Crippen LogP contribution < -0.4 is 0 Å². The number of hydrogen-bond acceptors (Lipinski definition) is 2. The molecule has 1 heterocycles. The van der Waals surface area contributed by atoms with Crippen molar-refractivity contribution in [3.05, 3.63) is 18.7 Å². The summed E-state index contributed by atoms with van der Waals surface area (Å²) < 4.78 is 0.844. The third-order valence-corrected chi connectivity index (χ3v) is 1.18. The molecule has 1 rings (SSSR count). The molecule has 0 aromatic carbocycles. The lowest BCUT2D eigenvalue weighted by molar-refractivity contribution is -0.870. The predicted octanol–water partition coefficient (Wildman–Crippen LogP) is 0.0946. The van der Waals surface area contributed by atoms with Crippen LogP contribution in [0.2, 0.25) is 0 Å². The standard InChI is InChI=1S/C5H14NO.C3H4N2/c1-6(2,3)4-5-7;1-2-5-3-4-1/h7H,4-5H2,1-3H3;1-3H,(H,4,5)/q+1;. The van der Waals surface area contributed by atoms with E-state index in [1.165, 1.54) is 0 Å². The molecule has 12 heavy (non-hydrogen) atoms. The maximum absolute atomic E-state index is 8.39. The molecule has 0 spiro atoms. The van der Waals surface area contributed by atoms with Gasteiger partial charge in [-0.15, -0.1) is 0 Å². The number of quaternary nitrogens is 1. The topological polar surface area (TPSA) is 48.9 Å². The Morgan fingerprint density at radius 1 is 1.42 bits per heavy atom. The molecular formula is C8H18N3O+. The predicted molar refractivity (Wildman–Crippen MR) is 48.6 cm³/mol. The quantitative estimate of drug-likeness (QED) is 0.621. The van der Waals surface area contributed by atoms with Gasteiger partial charge in [0, 0.05) is 12.4 Å². The molecule has 0 aliphatic carbocycles. The Bertz CT molecular complexity index is 150. The van der Waals surface area contributed by atoms with Crippen LogP contribution in [0.4, 0.5) is 0 Å². The van der Waals surface area contributed by atoms with E-state index in [0.717, 1.165) is 11.0 Å². The van der Waals surface area contributed by atoms with Gasteiger partial charge < -0.3 is 14.6 Å². The first-order valence-corrected chi connectivity index (χ1v) is 3.90. The number of nitrogens with one attached hydrogen (secondary N) is 1. The Kier molecular flexibility index (Phi) is 5.32. The summed E-state index contributed by atoms with van der Waals surface area (Å²) in [6, 6.07) is 0. The highest BCUT2D eigenvalue weighted by molar-refractivity contribution is 4.64. The number of aromatic amines is 1. The number of aromatic nitrogens is 2. The molecule has 1 aromatic rings. The number of aliphatic hydroxyl groups is 1. The van der Waals surface area contributed by atoms with Crippen LogP contribution in [-0.2, 0) is 0 Å². The highest BCUT2D eigenvalue weighted by atomic mass is 16.3. The van der Waals surface area contributed by atoms with Crippen molar-refractivity contribution in [1.82, 2.24) is 9.97 Å². The minimum atomic E-state index is 0.281. The van der Waals surface area contributed by atoms with Gasteiger partial charge in [0.15, 0.2) is 0 Å². The van der Waals surface area contributed by atoms with Gasteiger partial charge in [-0.3, -0.25) is 0 Å². The van der Waals surface area contributed by atoms with Gasteiger partial charge in [-0.1, -0.05) is 0 Å². The van der Waals surface area contributed by atoms with E-state index in [1.807, 2.05) is 0 Å². The number of rotatable bonds is 2. The highest BCUT2D eigenvalue weighted by Gasteiger charge is 2.02. The fourth-order valence-corrected chi connectivity index (χ4v) is 0.515. The number of aliphatic hydroxyl groups excluding tert-OH is 1. The fourth-order valence-electron chi connectivity index (χ4n) is 0.515. The number of imidazole rings is 1. The average Bonchev–Trinajstić information content (AvgIpc) is 2.38. The molecule has 1 aromatic heterocycles. The van der Waals surface area contributed by atoms with Gasteiger partial charge >= 0.3 is 0 Å². The van der Waals surface area contributed by atoms with E-state index in [9.17, 15) is 0 Å². The van der Waals surface area contributed by atoms with Crippen LogP contribution >= 0.6 is 0 Å². The normalized spacial score (nSPS) is 10.3. The lowest BCUT2D eigenvalue weighted by Gasteiger charge is -2.21. The molecule has 0 aliphatic rings. The van der Waals surface area contributed by atoms with Gasteiger partial charge in [0.2, 0.25) is 0 Å². The minimum Gasteiger partial charge on any atom is -0.391 e. The van der Waals surface area contributed by atoms with E-state index in [1.54, 1.807) is 18.7 Å². The summed E-state index contributed by atoms with van der Waals surface area (Å²) in [5.41, 5.74) is 0. The van der Waals surface area contributed by atoms with Crippen LogP contribution in [0.15, 0.2) is 18.7 Å². The third kappa shape index (κ3) is 9.13. The van der Waals surface area contributed by atoms with Crippen molar-refractivity contribution in [2.24, 2.45) is 0 Å². The van der Waals surface area contributed by atoms with E-state index in [0.29, 0.717) is 0 Å². The zero-order valence-electron chi connectivity index (χ0n) is 7.99. The molecule has 0 saturated carbocycles. The molecule has 0 radical (unpaired) electrons. The molecule has 2 N–H and O–H groups in total. The van der Waals surface area contributed by atoms with Crippen LogP contribution in [0.1, 0.15) is 0 Å². The van der Waals surface area contributed by atoms with Crippen molar-refractivity contribution in [3.63, 3.8) is 0 Å². The molecule has 0 atom stereocenters. The fraction of sp³-hybridized carbons (Fsp3) is 0.625. The molecular weight excluding hydrogens is 154 g/mol. The molecule has 0 unspecified atom stereocenters. The van der Waals surface area contributed by atoms with Crippen molar-refractivity contribution < 1.29 is 9.59 Å². The molecule has 0 saturated heterocycles. The maximum atomic E-state index is 8.39. The van der Waals surface area contributed by atoms with Crippen molar-refractivity contribution in [3.8, 4) is 0 Å². The van der Waals surface area contributed by atoms with E-state index >= 15 is 0 Å². The highest BCUT2D eigenvalue weighted by Crippen LogP contribution is 1.84. The molecule has 0 bridgehead atoms. The summed E-state index contributed by atoms with van der Waals surface area (Å²) in [6.07, 6.45) is 5.08. The van der Waals surface area contributed by atoms with E-state index < -0.39 is 0 Å². The molecule has 0 fully saturated rings. The summed E-state index contributed by atoms with van der Waals surface area (Å²) >= 11 is 0. The Labute approximate surface area is 73.5 Å². The smallest absolute Gasteiger partial charge is 0.101 e. The molecule has 4 heteroatoms. The maximum Gasteiger partial charge on any atom is 0.101 e. The minimum absolute atomic E-state index is 0.281. The Morgan fingerprint density at radius 2 is 2.08 bits per heavy atom. The third-order valence-electron chi connectivity index (χ3n) is 1.18. The van der Waals surface area contributed by atoms with Crippen molar-refractivity contribution in [1.29, 1.82) is 0 Å². The van der Waals surface area contributed by atoms with Gasteiger partial charge in [-0.25, -0.2) is 4.98 Å². The second-order valence-electron chi connectivity index (χ2n) is 3.50. The van der Waals surface area contributed by atoms with E-state index in [4.69, 9.17) is 5.11 Å². The van der Waals surface area contributed by atoms with E-state index in [2.05, 4.69) is 31.1 Å².